The van der Waals surface area contributed by atoms with Gasteiger partial charge in [-0.15, -0.1) is 0 Å². The van der Waals surface area contributed by atoms with Crippen molar-refractivity contribution in [1.29, 1.82) is 0 Å². The Morgan fingerprint density at radius 3 is 2.30 bits per heavy atom. The second kappa shape index (κ2) is 10.0. The molecule has 0 aromatic rings. The SMILES string of the molecule is CCC[Se]N(C(=O)CCC(N)C(=O)O)C(CS)C(=O)O. The van der Waals surface area contributed by atoms with Gasteiger partial charge in [0.25, 0.3) is 0 Å². The summed E-state index contributed by atoms with van der Waals surface area (Å²) in [6.45, 7) is 1.95. The maximum atomic E-state index is 12.1. The number of aliphatic carboxylic acids is 2. The Morgan fingerprint density at radius 1 is 1.30 bits per heavy atom. The van der Waals surface area contributed by atoms with E-state index >= 15 is 0 Å². The summed E-state index contributed by atoms with van der Waals surface area (Å²) in [5.74, 6) is -2.63. The number of nitrogens with two attached hydrogens (primary N) is 1. The van der Waals surface area contributed by atoms with E-state index in [2.05, 4.69) is 12.6 Å². The van der Waals surface area contributed by atoms with E-state index in [4.69, 9.17) is 15.9 Å². The minimum absolute atomic E-state index is 0.00815. The molecule has 0 rings (SSSR count). The van der Waals surface area contributed by atoms with Crippen LogP contribution < -0.4 is 5.73 Å². The first-order valence-corrected chi connectivity index (χ1v) is 8.73. The number of carboxylic acids is 2. The third-order valence-corrected chi connectivity index (χ3v) is 5.54. The van der Waals surface area contributed by atoms with Crippen LogP contribution in [0.1, 0.15) is 26.2 Å². The topological polar surface area (TPSA) is 121 Å². The summed E-state index contributed by atoms with van der Waals surface area (Å²) in [6.07, 6.45) is 0.763. The van der Waals surface area contributed by atoms with Crippen LogP contribution in [0.25, 0.3) is 0 Å². The van der Waals surface area contributed by atoms with Crippen LogP contribution >= 0.6 is 12.6 Å². The minimum atomic E-state index is -1.17. The van der Waals surface area contributed by atoms with Crippen LogP contribution in [0.5, 0.6) is 0 Å². The number of hydrogen-bond acceptors (Lipinski definition) is 5. The molecule has 0 fully saturated rings. The molecule has 7 nitrogen and oxygen atoms in total. The van der Waals surface area contributed by atoms with Gasteiger partial charge in [0.15, 0.2) is 0 Å². The summed E-state index contributed by atoms with van der Waals surface area (Å²) >= 11 is 3.68. The van der Waals surface area contributed by atoms with Crippen LogP contribution in [0.2, 0.25) is 5.32 Å². The Hall–Kier alpha value is -0.761. The van der Waals surface area contributed by atoms with E-state index < -0.39 is 24.0 Å². The van der Waals surface area contributed by atoms with Crippen molar-refractivity contribution < 1.29 is 24.6 Å². The summed E-state index contributed by atoms with van der Waals surface area (Å²) in [6, 6.07) is -2.09. The van der Waals surface area contributed by atoms with Crippen molar-refractivity contribution in [1.82, 2.24) is 3.92 Å². The third-order valence-electron chi connectivity index (χ3n) is 2.41. The van der Waals surface area contributed by atoms with Crippen molar-refractivity contribution in [2.45, 2.75) is 43.6 Å². The van der Waals surface area contributed by atoms with Crippen LogP contribution in [-0.2, 0) is 14.4 Å². The van der Waals surface area contributed by atoms with E-state index in [1.165, 1.54) is 3.92 Å². The van der Waals surface area contributed by atoms with Crippen LogP contribution in [-0.4, -0.2) is 65.0 Å². The molecule has 0 spiro atoms. The summed E-state index contributed by atoms with van der Waals surface area (Å²) in [7, 11) is 0. The van der Waals surface area contributed by atoms with Gasteiger partial charge in [0.2, 0.25) is 0 Å². The zero-order valence-electron chi connectivity index (χ0n) is 11.2. The van der Waals surface area contributed by atoms with Crippen LogP contribution in [0.3, 0.4) is 0 Å². The molecule has 2 atom stereocenters. The summed E-state index contributed by atoms with van der Waals surface area (Å²) in [5.41, 5.74) is 5.34. The van der Waals surface area contributed by atoms with Gasteiger partial charge < -0.3 is 0 Å². The van der Waals surface area contributed by atoms with Gasteiger partial charge in [-0.25, -0.2) is 0 Å². The normalized spacial score (nSPS) is 13.6. The Kier molecular flexibility index (Phi) is 9.66. The second-order valence-corrected chi connectivity index (χ2v) is 6.66. The van der Waals surface area contributed by atoms with Crippen molar-refractivity contribution in [3.8, 4) is 0 Å². The summed E-state index contributed by atoms with van der Waals surface area (Å²) < 4.78 is 1.31. The monoisotopic (exact) mass is 372 g/mol. The quantitative estimate of drug-likeness (QED) is 0.313. The summed E-state index contributed by atoms with van der Waals surface area (Å²) in [4.78, 5) is 33.8. The number of carboxylic acid groups (broad SMARTS) is 2. The molecule has 0 aliphatic heterocycles. The molecule has 2 unspecified atom stereocenters. The maximum absolute atomic E-state index is 12.1. The number of carbonyl (C=O) groups excluding carboxylic acids is 1. The first-order chi connectivity index (χ1) is 9.34. The van der Waals surface area contributed by atoms with Gasteiger partial charge in [-0.05, 0) is 0 Å². The fourth-order valence-electron chi connectivity index (χ4n) is 1.29. The molecule has 1 amide bonds. The van der Waals surface area contributed by atoms with Gasteiger partial charge in [-0.1, -0.05) is 0 Å². The number of hydrogen-bond donors (Lipinski definition) is 4. The molecule has 0 aliphatic rings. The van der Waals surface area contributed by atoms with E-state index in [1.807, 2.05) is 6.92 Å². The zero-order valence-corrected chi connectivity index (χ0v) is 13.8. The van der Waals surface area contributed by atoms with E-state index in [0.717, 1.165) is 11.7 Å². The number of carbonyl (C=O) groups is 3. The fraction of sp³-hybridized carbons (Fsp3) is 0.727. The average Bonchev–Trinajstić information content (AvgIpc) is 2.39. The van der Waals surface area contributed by atoms with Crippen LogP contribution in [0.15, 0.2) is 0 Å². The van der Waals surface area contributed by atoms with Gasteiger partial charge in [0, 0.05) is 0 Å². The van der Waals surface area contributed by atoms with E-state index in [0.29, 0.717) is 0 Å². The molecule has 116 valence electrons. The molecule has 0 aromatic carbocycles. The number of rotatable bonds is 10. The van der Waals surface area contributed by atoms with Crippen molar-refractivity contribution in [3.05, 3.63) is 0 Å². The molecular formula is C11H20N2O5SSe. The zero-order chi connectivity index (χ0) is 15.7. The van der Waals surface area contributed by atoms with Crippen molar-refractivity contribution in [3.63, 3.8) is 0 Å². The Balaban J connectivity index is 4.71. The van der Waals surface area contributed by atoms with Crippen molar-refractivity contribution >= 4 is 45.6 Å². The van der Waals surface area contributed by atoms with Gasteiger partial charge in [0.1, 0.15) is 0 Å². The van der Waals surface area contributed by atoms with E-state index in [1.54, 1.807) is 0 Å². The van der Waals surface area contributed by atoms with E-state index in [-0.39, 0.29) is 39.7 Å². The summed E-state index contributed by atoms with van der Waals surface area (Å²) in [5, 5.41) is 18.5. The van der Waals surface area contributed by atoms with Crippen LogP contribution in [0.4, 0.5) is 0 Å². The van der Waals surface area contributed by atoms with Crippen molar-refractivity contribution in [2.24, 2.45) is 5.73 Å². The number of nitrogens with zero attached hydrogens (tertiary/aromatic N) is 1. The standard InChI is InChI=1S/C11H20N2O5SSe/c1-2-5-20-13(8(6-19)11(17)18)9(14)4-3-7(12)10(15)16/h7-8,19H,2-6,12H2,1H3,(H,15,16)(H,17,18). The average molecular weight is 371 g/mol. The predicted molar refractivity (Wildman–Crippen MR) is 77.8 cm³/mol. The molecule has 0 radical (unpaired) electrons. The van der Waals surface area contributed by atoms with Gasteiger partial charge in [-0.3, -0.25) is 0 Å². The molecule has 20 heavy (non-hydrogen) atoms. The second-order valence-electron chi connectivity index (χ2n) is 4.07. The fourth-order valence-corrected chi connectivity index (χ4v) is 3.87. The Bertz CT molecular complexity index is 356. The molecule has 0 saturated carbocycles. The first kappa shape index (κ1) is 19.2. The van der Waals surface area contributed by atoms with Crippen molar-refractivity contribution in [2.75, 3.05) is 5.75 Å². The van der Waals surface area contributed by atoms with Crippen LogP contribution in [0, 0.1) is 0 Å². The molecule has 0 bridgehead atoms. The Labute approximate surface area is 129 Å². The third kappa shape index (κ3) is 6.60. The molecular weight excluding hydrogens is 351 g/mol. The first-order valence-electron chi connectivity index (χ1n) is 6.12. The molecule has 0 aliphatic carbocycles. The van der Waals surface area contributed by atoms with Gasteiger partial charge in [0.05, 0.1) is 0 Å². The van der Waals surface area contributed by atoms with E-state index in [9.17, 15) is 14.4 Å². The predicted octanol–water partition coefficient (Wildman–Crippen LogP) is -0.162. The molecule has 4 N–H and O–H groups in total. The molecule has 0 saturated heterocycles. The molecule has 0 aromatic heterocycles. The number of thiol groups is 1. The molecule has 0 heterocycles. The van der Waals surface area contributed by atoms with Gasteiger partial charge >= 0.3 is 129 Å². The Morgan fingerprint density at radius 2 is 1.90 bits per heavy atom. The van der Waals surface area contributed by atoms with Gasteiger partial charge in [-0.2, -0.15) is 0 Å². The number of amides is 1. The molecule has 9 heteroatoms.